The van der Waals surface area contributed by atoms with Gasteiger partial charge >= 0.3 is 6.36 Å². The van der Waals surface area contributed by atoms with Crippen molar-refractivity contribution in [1.82, 2.24) is 9.62 Å². The topological polar surface area (TPSA) is 75.7 Å². The van der Waals surface area contributed by atoms with Gasteiger partial charge in [0.05, 0.1) is 10.9 Å². The minimum atomic E-state index is -4.91. The number of ether oxygens (including phenoxy) is 1. The summed E-state index contributed by atoms with van der Waals surface area (Å²) in [5, 5.41) is 3.13. The minimum Gasteiger partial charge on any atom is -0.406 e. The average molecular weight is 483 g/mol. The van der Waals surface area contributed by atoms with Crippen molar-refractivity contribution in [1.29, 1.82) is 0 Å². The predicted molar refractivity (Wildman–Crippen MR) is 115 cm³/mol. The number of benzene rings is 2. The van der Waals surface area contributed by atoms with Crippen LogP contribution in [-0.4, -0.2) is 38.1 Å². The summed E-state index contributed by atoms with van der Waals surface area (Å²) in [6, 6.07) is 12.4. The van der Waals surface area contributed by atoms with E-state index in [2.05, 4.69) is 16.1 Å². The van der Waals surface area contributed by atoms with Gasteiger partial charge in [0.1, 0.15) is 5.75 Å². The Bertz CT molecular complexity index is 1110. The van der Waals surface area contributed by atoms with Gasteiger partial charge in [-0.1, -0.05) is 30.3 Å². The van der Waals surface area contributed by atoms with Gasteiger partial charge in [-0.3, -0.25) is 4.79 Å². The van der Waals surface area contributed by atoms with Gasteiger partial charge in [-0.05, 0) is 55.4 Å². The number of nitrogens with one attached hydrogen (secondary N) is 1. The molecule has 2 aromatic carbocycles. The van der Waals surface area contributed by atoms with Crippen molar-refractivity contribution in [2.45, 2.75) is 49.4 Å². The van der Waals surface area contributed by atoms with E-state index in [1.807, 2.05) is 18.2 Å². The Morgan fingerprint density at radius 3 is 2.48 bits per heavy atom. The third-order valence-electron chi connectivity index (χ3n) is 6.19. The number of amides is 1. The van der Waals surface area contributed by atoms with Gasteiger partial charge in [0.15, 0.2) is 0 Å². The Hall–Kier alpha value is -2.59. The molecule has 1 N–H and O–H groups in total. The van der Waals surface area contributed by atoms with Crippen molar-refractivity contribution < 1.29 is 31.1 Å². The van der Waals surface area contributed by atoms with Crippen LogP contribution in [0.2, 0.25) is 0 Å². The molecular formula is C23H25F3N2O4S. The number of sulfonamides is 1. The standard InChI is InChI=1S/C23H25F3N2O4S/c24-23(25,26)32-18-7-4-8-19(15-18)33(30,31)28-13-11-17(12-14-28)22(29)27-21-10-3-6-16-5-1-2-9-20(16)21/h1-2,4-5,7-9,15,17,21H,3,6,10-14H2,(H,27,29). The van der Waals surface area contributed by atoms with E-state index in [1.165, 1.54) is 22.0 Å². The van der Waals surface area contributed by atoms with Gasteiger partial charge in [0.25, 0.3) is 0 Å². The number of rotatable bonds is 5. The molecule has 0 bridgehead atoms. The molecule has 1 amide bonds. The first kappa shape index (κ1) is 23.6. The molecule has 0 saturated carbocycles. The zero-order valence-electron chi connectivity index (χ0n) is 17.8. The maximum Gasteiger partial charge on any atom is 0.573 e. The molecule has 178 valence electrons. The van der Waals surface area contributed by atoms with E-state index in [9.17, 15) is 26.4 Å². The summed E-state index contributed by atoms with van der Waals surface area (Å²) in [4.78, 5) is 12.6. The molecule has 0 spiro atoms. The number of carbonyl (C=O) groups is 1. The molecule has 2 aliphatic rings. The monoisotopic (exact) mass is 482 g/mol. The van der Waals surface area contributed by atoms with Crippen molar-refractivity contribution in [3.8, 4) is 5.75 Å². The first-order chi connectivity index (χ1) is 15.6. The van der Waals surface area contributed by atoms with Gasteiger partial charge in [-0.2, -0.15) is 4.31 Å². The fourth-order valence-corrected chi connectivity index (χ4v) is 6.04. The fraction of sp³-hybridized carbons (Fsp3) is 0.435. The van der Waals surface area contributed by atoms with E-state index in [4.69, 9.17) is 0 Å². The Balaban J connectivity index is 1.38. The number of fused-ring (bicyclic) bond motifs is 1. The summed E-state index contributed by atoms with van der Waals surface area (Å²) in [5.74, 6) is -0.995. The molecule has 33 heavy (non-hydrogen) atoms. The van der Waals surface area contributed by atoms with Gasteiger partial charge in [0, 0.05) is 25.1 Å². The van der Waals surface area contributed by atoms with Gasteiger partial charge in [-0.15, -0.1) is 13.2 Å². The van der Waals surface area contributed by atoms with E-state index in [0.29, 0.717) is 12.8 Å². The number of piperidine rings is 1. The molecule has 1 heterocycles. The number of hydrogen-bond acceptors (Lipinski definition) is 4. The Kier molecular flexibility index (Phi) is 6.67. The van der Waals surface area contributed by atoms with Crippen molar-refractivity contribution >= 4 is 15.9 Å². The second-order valence-electron chi connectivity index (χ2n) is 8.35. The van der Waals surface area contributed by atoms with E-state index in [-0.39, 0.29) is 35.9 Å². The molecule has 1 aliphatic heterocycles. The molecule has 1 aliphatic carbocycles. The Morgan fingerprint density at radius 1 is 1.03 bits per heavy atom. The van der Waals surface area contributed by atoms with E-state index >= 15 is 0 Å². The Morgan fingerprint density at radius 2 is 1.76 bits per heavy atom. The molecule has 2 aromatic rings. The number of carbonyl (C=O) groups excluding carboxylic acids is 1. The molecule has 1 fully saturated rings. The maximum atomic E-state index is 12.9. The fourth-order valence-electron chi connectivity index (χ4n) is 4.53. The molecule has 1 atom stereocenters. The Labute approximate surface area is 190 Å². The molecule has 6 nitrogen and oxygen atoms in total. The summed E-state index contributed by atoms with van der Waals surface area (Å²) < 4.78 is 68.3. The largest absolute Gasteiger partial charge is 0.573 e. The first-order valence-corrected chi connectivity index (χ1v) is 12.3. The smallest absolute Gasteiger partial charge is 0.406 e. The summed E-state index contributed by atoms with van der Waals surface area (Å²) in [5.41, 5.74) is 2.38. The van der Waals surface area contributed by atoms with E-state index in [1.54, 1.807) is 0 Å². The lowest BCUT2D eigenvalue weighted by Crippen LogP contribution is -2.44. The number of halogens is 3. The van der Waals surface area contributed by atoms with Gasteiger partial charge in [0.2, 0.25) is 15.9 Å². The maximum absolute atomic E-state index is 12.9. The van der Waals surface area contributed by atoms with E-state index < -0.39 is 22.1 Å². The summed E-state index contributed by atoms with van der Waals surface area (Å²) in [7, 11) is -4.00. The summed E-state index contributed by atoms with van der Waals surface area (Å²) in [6.45, 7) is 0.234. The first-order valence-electron chi connectivity index (χ1n) is 10.9. The SMILES string of the molecule is O=C(NC1CCCc2ccccc21)C1CCN(S(=O)(=O)c2cccc(OC(F)(F)F)c2)CC1. The van der Waals surface area contributed by atoms with Crippen molar-refractivity contribution in [2.75, 3.05) is 13.1 Å². The van der Waals surface area contributed by atoms with Gasteiger partial charge in [-0.25, -0.2) is 8.42 Å². The molecule has 1 saturated heterocycles. The zero-order valence-corrected chi connectivity index (χ0v) is 18.7. The van der Waals surface area contributed by atoms with Crippen LogP contribution in [-0.2, 0) is 21.2 Å². The van der Waals surface area contributed by atoms with Crippen LogP contribution in [0, 0.1) is 5.92 Å². The molecule has 0 radical (unpaired) electrons. The highest BCUT2D eigenvalue weighted by Gasteiger charge is 2.35. The van der Waals surface area contributed by atoms with Crippen LogP contribution in [0.4, 0.5) is 13.2 Å². The average Bonchev–Trinajstić information content (AvgIpc) is 2.78. The van der Waals surface area contributed by atoms with Crippen LogP contribution in [0.5, 0.6) is 5.75 Å². The third kappa shape index (κ3) is 5.50. The highest BCUT2D eigenvalue weighted by atomic mass is 32.2. The predicted octanol–water partition coefficient (Wildman–Crippen LogP) is 4.18. The lowest BCUT2D eigenvalue weighted by molar-refractivity contribution is -0.274. The highest BCUT2D eigenvalue weighted by molar-refractivity contribution is 7.89. The normalized spacial score (nSPS) is 20.2. The van der Waals surface area contributed by atoms with Crippen molar-refractivity contribution in [3.05, 3.63) is 59.7 Å². The highest BCUT2D eigenvalue weighted by Crippen LogP contribution is 2.31. The van der Waals surface area contributed by atoms with Crippen LogP contribution in [0.25, 0.3) is 0 Å². The quantitative estimate of drug-likeness (QED) is 0.694. The van der Waals surface area contributed by atoms with Crippen LogP contribution in [0.15, 0.2) is 53.4 Å². The zero-order chi connectivity index (χ0) is 23.6. The number of nitrogens with zero attached hydrogens (tertiary/aromatic N) is 1. The van der Waals surface area contributed by atoms with Crippen molar-refractivity contribution in [3.63, 3.8) is 0 Å². The number of alkyl halides is 3. The summed E-state index contributed by atoms with van der Waals surface area (Å²) in [6.07, 6.45) is -1.36. The second-order valence-corrected chi connectivity index (χ2v) is 10.3. The minimum absolute atomic E-state index is 0.0411. The van der Waals surface area contributed by atoms with Crippen LogP contribution in [0.3, 0.4) is 0 Å². The molecule has 0 aromatic heterocycles. The second kappa shape index (κ2) is 9.34. The van der Waals surface area contributed by atoms with Crippen molar-refractivity contribution in [2.24, 2.45) is 5.92 Å². The van der Waals surface area contributed by atoms with Crippen LogP contribution in [0.1, 0.15) is 42.9 Å². The lowest BCUT2D eigenvalue weighted by Gasteiger charge is -2.32. The molecule has 10 heteroatoms. The summed E-state index contributed by atoms with van der Waals surface area (Å²) >= 11 is 0. The van der Waals surface area contributed by atoms with Gasteiger partial charge < -0.3 is 10.1 Å². The molecule has 1 unspecified atom stereocenters. The molecular weight excluding hydrogens is 457 g/mol. The van der Waals surface area contributed by atoms with Crippen LogP contribution >= 0.6 is 0 Å². The lowest BCUT2D eigenvalue weighted by atomic mass is 9.87. The number of hydrogen-bond donors (Lipinski definition) is 1. The third-order valence-corrected chi connectivity index (χ3v) is 8.08. The van der Waals surface area contributed by atoms with Crippen LogP contribution < -0.4 is 10.1 Å². The molecule has 4 rings (SSSR count). The van der Waals surface area contributed by atoms with E-state index in [0.717, 1.165) is 37.0 Å². The number of aryl methyl sites for hydroxylation is 1.